The topological polar surface area (TPSA) is 66.4 Å². The van der Waals surface area contributed by atoms with Crippen LogP contribution in [0.15, 0.2) is 27.6 Å². The first-order valence-electron chi connectivity index (χ1n) is 5.80. The van der Waals surface area contributed by atoms with Gasteiger partial charge in [-0.2, -0.15) is 0 Å². The highest BCUT2D eigenvalue weighted by Gasteiger charge is 2.19. The predicted molar refractivity (Wildman–Crippen MR) is 75.0 cm³/mol. The first kappa shape index (κ1) is 15.6. The van der Waals surface area contributed by atoms with E-state index in [1.54, 1.807) is 18.2 Å². The average molecular weight is 336 g/mol. The molecule has 0 saturated carbocycles. The van der Waals surface area contributed by atoms with Crippen molar-refractivity contribution in [2.75, 3.05) is 6.61 Å². The molecule has 1 aromatic carbocycles. The van der Waals surface area contributed by atoms with Gasteiger partial charge >= 0.3 is 0 Å². The lowest BCUT2D eigenvalue weighted by atomic mass is 10.2. The Labute approximate surface area is 117 Å². The number of halogens is 1. The second kappa shape index (κ2) is 6.65. The highest BCUT2D eigenvalue weighted by atomic mass is 79.9. The van der Waals surface area contributed by atoms with Crippen LogP contribution in [-0.4, -0.2) is 26.2 Å². The van der Waals surface area contributed by atoms with Gasteiger partial charge < -0.3 is 5.11 Å². The van der Waals surface area contributed by atoms with E-state index in [-0.39, 0.29) is 17.5 Å². The van der Waals surface area contributed by atoms with Gasteiger partial charge in [0.05, 0.1) is 4.90 Å². The Kier molecular flexibility index (Phi) is 5.78. The van der Waals surface area contributed by atoms with Crippen molar-refractivity contribution >= 4 is 26.0 Å². The summed E-state index contributed by atoms with van der Waals surface area (Å²) in [7, 11) is -3.51. The Morgan fingerprint density at radius 1 is 1.44 bits per heavy atom. The third kappa shape index (κ3) is 4.05. The summed E-state index contributed by atoms with van der Waals surface area (Å²) in [5.74, 6) is 0. The van der Waals surface area contributed by atoms with Crippen LogP contribution in [0.4, 0.5) is 0 Å². The SMILES string of the molecule is CCC(CCO)NS(=O)(=O)c1ccc(Br)c(C)c1. The van der Waals surface area contributed by atoms with Crippen molar-refractivity contribution in [2.24, 2.45) is 0 Å². The van der Waals surface area contributed by atoms with Gasteiger partial charge in [-0.15, -0.1) is 0 Å². The molecule has 18 heavy (non-hydrogen) atoms. The highest BCUT2D eigenvalue weighted by molar-refractivity contribution is 9.10. The molecule has 0 amide bonds. The minimum absolute atomic E-state index is 0.0274. The molecule has 102 valence electrons. The Morgan fingerprint density at radius 2 is 2.11 bits per heavy atom. The molecule has 0 heterocycles. The summed E-state index contributed by atoms with van der Waals surface area (Å²) in [6.45, 7) is 3.70. The van der Waals surface area contributed by atoms with Crippen molar-refractivity contribution in [3.63, 3.8) is 0 Å². The van der Waals surface area contributed by atoms with E-state index in [2.05, 4.69) is 20.7 Å². The van der Waals surface area contributed by atoms with E-state index < -0.39 is 10.0 Å². The molecule has 0 aliphatic carbocycles. The number of hydrogen-bond donors (Lipinski definition) is 2. The molecule has 1 rings (SSSR count). The molecule has 0 aliphatic rings. The number of aryl methyl sites for hydroxylation is 1. The van der Waals surface area contributed by atoms with Crippen molar-refractivity contribution in [3.8, 4) is 0 Å². The van der Waals surface area contributed by atoms with Crippen molar-refractivity contribution < 1.29 is 13.5 Å². The molecule has 1 unspecified atom stereocenters. The minimum Gasteiger partial charge on any atom is -0.396 e. The fraction of sp³-hybridized carbons (Fsp3) is 0.500. The number of aliphatic hydroxyl groups excluding tert-OH is 1. The zero-order chi connectivity index (χ0) is 13.8. The van der Waals surface area contributed by atoms with Gasteiger partial charge in [0.25, 0.3) is 0 Å². The molecule has 2 N–H and O–H groups in total. The molecule has 0 aromatic heterocycles. The van der Waals surface area contributed by atoms with E-state index in [9.17, 15) is 8.42 Å². The van der Waals surface area contributed by atoms with Gasteiger partial charge in [-0.25, -0.2) is 13.1 Å². The largest absolute Gasteiger partial charge is 0.396 e. The predicted octanol–water partition coefficient (Wildman–Crippen LogP) is 2.20. The second-order valence-electron chi connectivity index (χ2n) is 4.15. The fourth-order valence-corrected chi connectivity index (χ4v) is 3.26. The number of aliphatic hydroxyl groups is 1. The van der Waals surface area contributed by atoms with E-state index in [0.29, 0.717) is 12.8 Å². The Balaban J connectivity index is 2.95. The maximum Gasteiger partial charge on any atom is 0.240 e. The number of rotatable bonds is 6. The van der Waals surface area contributed by atoms with Gasteiger partial charge in [-0.1, -0.05) is 22.9 Å². The molecular weight excluding hydrogens is 318 g/mol. The minimum atomic E-state index is -3.51. The van der Waals surface area contributed by atoms with Crippen LogP contribution < -0.4 is 4.72 Å². The molecule has 0 bridgehead atoms. The van der Waals surface area contributed by atoms with Gasteiger partial charge in [0.2, 0.25) is 10.0 Å². The molecular formula is C12H18BrNO3S. The summed E-state index contributed by atoms with van der Waals surface area (Å²) in [5.41, 5.74) is 0.869. The quantitative estimate of drug-likeness (QED) is 0.837. The van der Waals surface area contributed by atoms with Gasteiger partial charge in [-0.05, 0) is 43.5 Å². The van der Waals surface area contributed by atoms with Gasteiger partial charge in [0.1, 0.15) is 0 Å². The number of nitrogens with one attached hydrogen (secondary N) is 1. The highest BCUT2D eigenvalue weighted by Crippen LogP contribution is 2.20. The molecule has 0 radical (unpaired) electrons. The molecule has 1 aromatic rings. The monoisotopic (exact) mass is 335 g/mol. The number of benzene rings is 1. The van der Waals surface area contributed by atoms with Crippen LogP contribution >= 0.6 is 15.9 Å². The number of sulfonamides is 1. The lowest BCUT2D eigenvalue weighted by Gasteiger charge is -2.16. The van der Waals surface area contributed by atoms with Gasteiger partial charge in [0.15, 0.2) is 0 Å². The molecule has 0 saturated heterocycles. The van der Waals surface area contributed by atoms with Crippen LogP contribution in [0.25, 0.3) is 0 Å². The maximum absolute atomic E-state index is 12.1. The summed E-state index contributed by atoms with van der Waals surface area (Å²) in [6, 6.07) is 4.67. The third-order valence-corrected chi connectivity index (χ3v) is 5.14. The Morgan fingerprint density at radius 3 is 2.61 bits per heavy atom. The maximum atomic E-state index is 12.1. The van der Waals surface area contributed by atoms with E-state index in [1.807, 2.05) is 13.8 Å². The normalized spacial score (nSPS) is 13.6. The van der Waals surface area contributed by atoms with Crippen LogP contribution in [-0.2, 0) is 10.0 Å². The molecule has 1 atom stereocenters. The summed E-state index contributed by atoms with van der Waals surface area (Å²) in [5, 5.41) is 8.87. The van der Waals surface area contributed by atoms with Crippen LogP contribution in [0, 0.1) is 6.92 Å². The van der Waals surface area contributed by atoms with Crippen molar-refractivity contribution in [3.05, 3.63) is 28.2 Å². The first-order chi connectivity index (χ1) is 8.40. The molecule has 0 aliphatic heterocycles. The van der Waals surface area contributed by atoms with Crippen molar-refractivity contribution in [1.29, 1.82) is 0 Å². The smallest absolute Gasteiger partial charge is 0.240 e. The number of hydrogen-bond acceptors (Lipinski definition) is 3. The van der Waals surface area contributed by atoms with E-state index in [0.717, 1.165) is 10.0 Å². The lowest BCUT2D eigenvalue weighted by molar-refractivity contribution is 0.270. The first-order valence-corrected chi connectivity index (χ1v) is 8.07. The van der Waals surface area contributed by atoms with Crippen LogP contribution in [0.1, 0.15) is 25.3 Å². The van der Waals surface area contributed by atoms with E-state index in [4.69, 9.17) is 5.11 Å². The fourth-order valence-electron chi connectivity index (χ4n) is 1.57. The van der Waals surface area contributed by atoms with Gasteiger partial charge in [0, 0.05) is 17.1 Å². The second-order valence-corrected chi connectivity index (χ2v) is 6.72. The zero-order valence-corrected chi connectivity index (χ0v) is 12.9. The lowest BCUT2D eigenvalue weighted by Crippen LogP contribution is -2.35. The van der Waals surface area contributed by atoms with Crippen molar-refractivity contribution in [1.82, 2.24) is 4.72 Å². The summed E-state index contributed by atoms with van der Waals surface area (Å²) < 4.78 is 27.7. The Hall–Kier alpha value is -0.430. The van der Waals surface area contributed by atoms with E-state index in [1.165, 1.54) is 0 Å². The Bertz CT molecular complexity index is 502. The van der Waals surface area contributed by atoms with Crippen LogP contribution in [0.5, 0.6) is 0 Å². The molecule has 0 fully saturated rings. The third-order valence-electron chi connectivity index (χ3n) is 2.73. The standard InChI is InChI=1S/C12H18BrNO3S/c1-3-10(6-7-15)14-18(16,17)11-4-5-12(13)9(2)8-11/h4-5,8,10,14-15H,3,6-7H2,1-2H3. The van der Waals surface area contributed by atoms with Crippen LogP contribution in [0.2, 0.25) is 0 Å². The zero-order valence-electron chi connectivity index (χ0n) is 10.5. The van der Waals surface area contributed by atoms with Crippen LogP contribution in [0.3, 0.4) is 0 Å². The van der Waals surface area contributed by atoms with Crippen molar-refractivity contribution in [2.45, 2.75) is 37.6 Å². The summed E-state index contributed by atoms with van der Waals surface area (Å²) >= 11 is 3.34. The van der Waals surface area contributed by atoms with Gasteiger partial charge in [-0.3, -0.25) is 0 Å². The van der Waals surface area contributed by atoms with E-state index >= 15 is 0 Å². The average Bonchev–Trinajstić information content (AvgIpc) is 2.31. The molecule has 4 nitrogen and oxygen atoms in total. The summed E-state index contributed by atoms with van der Waals surface area (Å²) in [6.07, 6.45) is 1.07. The summed E-state index contributed by atoms with van der Waals surface area (Å²) in [4.78, 5) is 0.250. The molecule has 0 spiro atoms. The molecule has 6 heteroatoms.